The van der Waals surface area contributed by atoms with Crippen LogP contribution in [0.1, 0.15) is 5.56 Å². The lowest BCUT2D eigenvalue weighted by Gasteiger charge is -2.22. The number of aliphatic hydroxyl groups is 2. The van der Waals surface area contributed by atoms with Crippen LogP contribution in [0.3, 0.4) is 0 Å². The Hall–Kier alpha value is -5.04. The summed E-state index contributed by atoms with van der Waals surface area (Å²) >= 11 is 0. The monoisotopic (exact) mass is 564 g/mol. The fourth-order valence-corrected chi connectivity index (χ4v) is 4.29. The van der Waals surface area contributed by atoms with E-state index in [-0.39, 0.29) is 39.5 Å². The molecule has 5 rings (SSSR count). The Morgan fingerprint density at radius 3 is 2.24 bits per heavy atom. The fourth-order valence-electron chi connectivity index (χ4n) is 4.29. The average molecular weight is 564 g/mol. The van der Waals surface area contributed by atoms with Crippen molar-refractivity contribution in [3.05, 3.63) is 82.5 Å². The van der Waals surface area contributed by atoms with E-state index in [1.54, 1.807) is 12.1 Å². The first-order valence-electron chi connectivity index (χ1n) is 12.3. The van der Waals surface area contributed by atoms with Crippen molar-refractivity contribution in [1.29, 1.82) is 0 Å². The maximum atomic E-state index is 13.6. The van der Waals surface area contributed by atoms with Gasteiger partial charge in [0.2, 0.25) is 17.5 Å². The lowest BCUT2D eigenvalue weighted by Crippen LogP contribution is -2.40. The van der Waals surface area contributed by atoms with Gasteiger partial charge in [-0.25, -0.2) is 4.79 Å². The molecule has 6 N–H and O–H groups in total. The Morgan fingerprint density at radius 1 is 0.927 bits per heavy atom. The molecule has 0 radical (unpaired) electrons. The minimum absolute atomic E-state index is 0.0425. The topological polar surface area (TPSA) is 196 Å². The second-order valence-corrected chi connectivity index (χ2v) is 9.13. The van der Waals surface area contributed by atoms with E-state index in [9.17, 15) is 40.2 Å². The molecule has 212 valence electrons. The van der Waals surface area contributed by atoms with Crippen LogP contribution in [0.2, 0.25) is 0 Å². The zero-order chi connectivity index (χ0) is 29.3. The zero-order valence-electron chi connectivity index (χ0n) is 21.1. The molecule has 0 spiro atoms. The molecule has 4 aromatic rings. The predicted octanol–water partition coefficient (Wildman–Crippen LogP) is 2.36. The SMILES string of the molecule is O=C(C=Cc1ccc(O)cc1)O[C@H]1[C@H](Oc2c(-c3ccc(O)cc3)oc3cc(O)cc(O)c3c2=O)O[C@@H](CO)[C@@H]1O. The number of hydrogen-bond donors (Lipinski definition) is 6. The number of esters is 1. The van der Waals surface area contributed by atoms with Crippen LogP contribution in [-0.4, -0.2) is 67.8 Å². The van der Waals surface area contributed by atoms with Gasteiger partial charge in [0, 0.05) is 23.8 Å². The Labute approximate surface area is 231 Å². The van der Waals surface area contributed by atoms with E-state index in [1.165, 1.54) is 42.5 Å². The van der Waals surface area contributed by atoms with Gasteiger partial charge in [-0.15, -0.1) is 0 Å². The van der Waals surface area contributed by atoms with Gasteiger partial charge < -0.3 is 49.3 Å². The van der Waals surface area contributed by atoms with Crippen molar-refractivity contribution in [3.8, 4) is 40.1 Å². The predicted molar refractivity (Wildman–Crippen MR) is 142 cm³/mol. The van der Waals surface area contributed by atoms with Gasteiger partial charge in [-0.3, -0.25) is 4.79 Å². The molecule has 0 unspecified atom stereocenters. The summed E-state index contributed by atoms with van der Waals surface area (Å²) in [5.74, 6) is -2.59. The van der Waals surface area contributed by atoms with Gasteiger partial charge in [-0.2, -0.15) is 0 Å². The lowest BCUT2D eigenvalue weighted by molar-refractivity contribution is -0.162. The molecule has 12 heteroatoms. The Kier molecular flexibility index (Phi) is 7.53. The number of rotatable bonds is 7. The number of carbonyl (C=O) groups is 1. The van der Waals surface area contributed by atoms with Gasteiger partial charge in [0.1, 0.15) is 46.2 Å². The average Bonchev–Trinajstić information content (AvgIpc) is 3.23. The van der Waals surface area contributed by atoms with Gasteiger partial charge >= 0.3 is 5.97 Å². The summed E-state index contributed by atoms with van der Waals surface area (Å²) in [5.41, 5.74) is -0.232. The molecule has 12 nitrogen and oxygen atoms in total. The summed E-state index contributed by atoms with van der Waals surface area (Å²) in [7, 11) is 0. The third-order valence-electron chi connectivity index (χ3n) is 6.31. The van der Waals surface area contributed by atoms with Gasteiger partial charge in [-0.1, -0.05) is 12.1 Å². The Bertz CT molecular complexity index is 1660. The van der Waals surface area contributed by atoms with E-state index in [4.69, 9.17) is 18.6 Å². The molecule has 0 saturated carbocycles. The summed E-state index contributed by atoms with van der Waals surface area (Å²) in [6.07, 6.45) is -3.44. The van der Waals surface area contributed by atoms with Crippen LogP contribution in [-0.2, 0) is 14.3 Å². The molecule has 0 amide bonds. The normalized spacial score (nSPS) is 20.4. The highest BCUT2D eigenvalue weighted by molar-refractivity contribution is 5.88. The number of carbonyl (C=O) groups excluding carboxylic acids is 1. The highest BCUT2D eigenvalue weighted by atomic mass is 16.7. The van der Waals surface area contributed by atoms with Crippen LogP contribution in [0.4, 0.5) is 0 Å². The quantitative estimate of drug-likeness (QED) is 0.142. The largest absolute Gasteiger partial charge is 0.508 e. The zero-order valence-corrected chi connectivity index (χ0v) is 21.1. The van der Waals surface area contributed by atoms with Crippen LogP contribution in [0.15, 0.2) is 76.0 Å². The van der Waals surface area contributed by atoms with Crippen LogP contribution >= 0.6 is 0 Å². The van der Waals surface area contributed by atoms with Crippen LogP contribution in [0.25, 0.3) is 28.4 Å². The van der Waals surface area contributed by atoms with Crippen LogP contribution in [0.5, 0.6) is 28.7 Å². The maximum absolute atomic E-state index is 13.6. The maximum Gasteiger partial charge on any atom is 0.331 e. The highest BCUT2D eigenvalue weighted by Crippen LogP contribution is 2.38. The highest BCUT2D eigenvalue weighted by Gasteiger charge is 2.48. The van der Waals surface area contributed by atoms with Crippen LogP contribution < -0.4 is 10.2 Å². The molecule has 1 fully saturated rings. The van der Waals surface area contributed by atoms with E-state index < -0.39 is 54.1 Å². The molecule has 41 heavy (non-hydrogen) atoms. The summed E-state index contributed by atoms with van der Waals surface area (Å²) in [6.45, 7) is -0.671. The van der Waals surface area contributed by atoms with Gasteiger partial charge in [0.05, 0.1) is 6.61 Å². The van der Waals surface area contributed by atoms with Gasteiger partial charge in [0.15, 0.2) is 11.9 Å². The van der Waals surface area contributed by atoms with E-state index in [2.05, 4.69) is 0 Å². The number of aliphatic hydroxyl groups excluding tert-OH is 2. The lowest BCUT2D eigenvalue weighted by atomic mass is 10.1. The molecule has 1 aromatic heterocycles. The molecule has 0 aliphatic carbocycles. The molecule has 1 aliphatic rings. The summed E-state index contributed by atoms with van der Waals surface area (Å²) in [4.78, 5) is 26.2. The number of aromatic hydroxyl groups is 4. The number of phenolic OH excluding ortho intramolecular Hbond substituents is 4. The van der Waals surface area contributed by atoms with E-state index in [0.29, 0.717) is 5.56 Å². The number of ether oxygens (including phenoxy) is 3. The van der Waals surface area contributed by atoms with Crippen molar-refractivity contribution in [2.45, 2.75) is 24.6 Å². The van der Waals surface area contributed by atoms with Crippen molar-refractivity contribution in [3.63, 3.8) is 0 Å². The third-order valence-corrected chi connectivity index (χ3v) is 6.31. The number of fused-ring (bicyclic) bond motifs is 1. The second kappa shape index (κ2) is 11.2. The molecule has 4 atom stereocenters. The van der Waals surface area contributed by atoms with Crippen LogP contribution in [0, 0.1) is 0 Å². The minimum Gasteiger partial charge on any atom is -0.508 e. The molecule has 0 bridgehead atoms. The van der Waals surface area contributed by atoms with Crippen molar-refractivity contribution >= 4 is 23.0 Å². The molecular formula is C29H24O12. The van der Waals surface area contributed by atoms with Crippen molar-refractivity contribution in [2.24, 2.45) is 0 Å². The minimum atomic E-state index is -1.61. The molecule has 3 aromatic carbocycles. The first kappa shape index (κ1) is 27.5. The Morgan fingerprint density at radius 2 is 1.59 bits per heavy atom. The van der Waals surface area contributed by atoms with E-state index >= 15 is 0 Å². The Balaban J connectivity index is 1.52. The molecular weight excluding hydrogens is 540 g/mol. The van der Waals surface area contributed by atoms with Gasteiger partial charge in [-0.05, 0) is 48.0 Å². The second-order valence-electron chi connectivity index (χ2n) is 9.13. The number of benzene rings is 3. The van der Waals surface area contributed by atoms with Crippen molar-refractivity contribution in [2.75, 3.05) is 6.61 Å². The molecule has 1 aliphatic heterocycles. The van der Waals surface area contributed by atoms with Crippen molar-refractivity contribution < 1.29 is 54.1 Å². The first-order valence-corrected chi connectivity index (χ1v) is 12.3. The van der Waals surface area contributed by atoms with Crippen molar-refractivity contribution in [1.82, 2.24) is 0 Å². The summed E-state index contributed by atoms with van der Waals surface area (Å²) < 4.78 is 22.6. The smallest absolute Gasteiger partial charge is 0.331 e. The van der Waals surface area contributed by atoms with E-state index in [1.807, 2.05) is 0 Å². The first-order chi connectivity index (χ1) is 19.6. The molecule has 1 saturated heterocycles. The number of phenols is 4. The van der Waals surface area contributed by atoms with E-state index in [0.717, 1.165) is 18.2 Å². The summed E-state index contributed by atoms with van der Waals surface area (Å²) in [5, 5.41) is 59.5. The number of hydrogen-bond acceptors (Lipinski definition) is 12. The standard InChI is InChI=1S/C29H24O12/c30-13-21-24(36)28(40-22(35)10-3-14-1-6-16(31)7-2-14)29(39-21)41-27-25(37)23-19(34)11-18(33)12-20(23)38-26(27)15-4-8-17(32)9-5-15/h1-12,21,24,28-34,36H,13H2/t21-,24-,28+,29-/m0/s1. The van der Waals surface area contributed by atoms with Gasteiger partial charge in [0.25, 0.3) is 0 Å². The third kappa shape index (κ3) is 5.65. The molecule has 2 heterocycles. The summed E-state index contributed by atoms with van der Waals surface area (Å²) in [6, 6.07) is 13.5. The fraction of sp³-hybridized carbons (Fsp3) is 0.172.